The number of nitrogens with one attached hydrogen (secondary N) is 3. The van der Waals surface area contributed by atoms with Gasteiger partial charge in [0.1, 0.15) is 18.1 Å². The lowest BCUT2D eigenvalue weighted by Crippen LogP contribution is -2.58. The monoisotopic (exact) mass is 506 g/mol. The molecule has 5 unspecified atom stereocenters. The van der Waals surface area contributed by atoms with Crippen LogP contribution in [0.15, 0.2) is 0 Å². The molecule has 9 nitrogen and oxygen atoms in total. The maximum Gasteiger partial charge on any atom is 0.326 e. The summed E-state index contributed by atoms with van der Waals surface area (Å²) < 4.78 is 0. The average Bonchev–Trinajstić information content (AvgIpc) is 2.76. The molecular weight excluding hydrogens is 464 g/mol. The molecule has 0 radical (unpaired) electrons. The van der Waals surface area contributed by atoms with Gasteiger partial charge in [-0.2, -0.15) is 23.5 Å². The van der Waals surface area contributed by atoms with Crippen molar-refractivity contribution in [2.24, 2.45) is 17.6 Å². The van der Waals surface area contributed by atoms with E-state index in [1.165, 1.54) is 11.8 Å². The van der Waals surface area contributed by atoms with Crippen LogP contribution in [0.5, 0.6) is 0 Å². The van der Waals surface area contributed by atoms with Crippen LogP contribution >= 0.6 is 23.5 Å². The Labute approximate surface area is 206 Å². The predicted molar refractivity (Wildman–Crippen MR) is 136 cm³/mol. The van der Waals surface area contributed by atoms with Gasteiger partial charge in [0.05, 0.1) is 6.04 Å². The smallest absolute Gasteiger partial charge is 0.326 e. The molecule has 6 N–H and O–H groups in total. The zero-order chi connectivity index (χ0) is 25.6. The number of aliphatic carboxylic acids is 1. The highest BCUT2D eigenvalue weighted by atomic mass is 32.2. The molecule has 5 atom stereocenters. The Balaban J connectivity index is 5.45. The molecule has 0 aromatic rings. The molecule has 0 heterocycles. The van der Waals surface area contributed by atoms with E-state index in [2.05, 4.69) is 16.0 Å². The van der Waals surface area contributed by atoms with Crippen LogP contribution in [-0.2, 0) is 19.2 Å². The third-order valence-electron chi connectivity index (χ3n) is 5.33. The molecule has 0 spiro atoms. The van der Waals surface area contributed by atoms with Crippen molar-refractivity contribution in [2.45, 2.75) is 77.5 Å². The summed E-state index contributed by atoms with van der Waals surface area (Å²) in [4.78, 5) is 50.1. The van der Waals surface area contributed by atoms with Gasteiger partial charge in [-0.15, -0.1) is 0 Å². The molecule has 0 fully saturated rings. The number of amides is 3. The molecule has 0 aliphatic carbocycles. The first-order chi connectivity index (χ1) is 15.5. The van der Waals surface area contributed by atoms with Crippen molar-refractivity contribution in [3.05, 3.63) is 0 Å². The first-order valence-electron chi connectivity index (χ1n) is 11.4. The molecule has 0 aromatic heterocycles. The van der Waals surface area contributed by atoms with Crippen LogP contribution < -0.4 is 21.7 Å². The number of carboxylic acid groups (broad SMARTS) is 1. The molecule has 0 bridgehead atoms. The summed E-state index contributed by atoms with van der Waals surface area (Å²) in [5.74, 6) is -1.37. The molecule has 0 aromatic carbocycles. The van der Waals surface area contributed by atoms with Crippen molar-refractivity contribution >= 4 is 47.2 Å². The number of hydrogen-bond acceptors (Lipinski definition) is 7. The van der Waals surface area contributed by atoms with E-state index in [0.717, 1.165) is 5.75 Å². The minimum Gasteiger partial charge on any atom is -0.480 e. The van der Waals surface area contributed by atoms with Crippen molar-refractivity contribution < 1.29 is 24.3 Å². The summed E-state index contributed by atoms with van der Waals surface area (Å²) >= 11 is 3.12. The van der Waals surface area contributed by atoms with E-state index in [4.69, 9.17) is 5.73 Å². The summed E-state index contributed by atoms with van der Waals surface area (Å²) in [5.41, 5.74) is 5.94. The highest BCUT2D eigenvalue weighted by Gasteiger charge is 2.32. The summed E-state index contributed by atoms with van der Waals surface area (Å²) in [6.45, 7) is 7.42. The Morgan fingerprint density at radius 2 is 1.36 bits per heavy atom. The van der Waals surface area contributed by atoms with Crippen molar-refractivity contribution in [3.8, 4) is 0 Å². The Hall–Kier alpha value is -1.46. The van der Waals surface area contributed by atoms with Crippen molar-refractivity contribution in [1.82, 2.24) is 16.0 Å². The number of carbonyl (C=O) groups is 4. The first kappa shape index (κ1) is 31.5. The van der Waals surface area contributed by atoms with Crippen LogP contribution in [0.1, 0.15) is 53.4 Å². The molecule has 192 valence electrons. The van der Waals surface area contributed by atoms with Gasteiger partial charge in [-0.25, -0.2) is 4.79 Å². The molecule has 0 aliphatic heterocycles. The van der Waals surface area contributed by atoms with Gasteiger partial charge in [0.25, 0.3) is 0 Å². The lowest BCUT2D eigenvalue weighted by molar-refractivity contribution is -0.144. The highest BCUT2D eigenvalue weighted by molar-refractivity contribution is 7.98. The minimum absolute atomic E-state index is 0.0760. The second-order valence-corrected chi connectivity index (χ2v) is 10.6. The van der Waals surface area contributed by atoms with Crippen LogP contribution in [0.2, 0.25) is 0 Å². The molecule has 0 saturated carbocycles. The second-order valence-electron chi connectivity index (χ2n) is 8.63. The third kappa shape index (κ3) is 12.5. The largest absolute Gasteiger partial charge is 0.480 e. The maximum atomic E-state index is 13.1. The van der Waals surface area contributed by atoms with Crippen LogP contribution in [-0.4, -0.2) is 77.0 Å². The van der Waals surface area contributed by atoms with E-state index in [-0.39, 0.29) is 11.8 Å². The maximum absolute atomic E-state index is 13.1. The number of carbonyl (C=O) groups excluding carboxylic acids is 3. The quantitative estimate of drug-likeness (QED) is 0.199. The topological polar surface area (TPSA) is 151 Å². The normalized spacial score (nSPS) is 15.8. The Kier molecular flexibility index (Phi) is 16.3. The molecule has 0 aliphatic rings. The van der Waals surface area contributed by atoms with Crippen LogP contribution in [0.3, 0.4) is 0 Å². The number of nitrogens with two attached hydrogens (primary N) is 1. The van der Waals surface area contributed by atoms with E-state index in [1.54, 1.807) is 18.7 Å². The molecule has 0 rings (SSSR count). The minimum atomic E-state index is -1.11. The number of hydrogen-bond donors (Lipinski definition) is 5. The zero-order valence-electron chi connectivity index (χ0n) is 20.7. The lowest BCUT2D eigenvalue weighted by Gasteiger charge is -2.27. The summed E-state index contributed by atoms with van der Waals surface area (Å²) in [7, 11) is 0. The fourth-order valence-electron chi connectivity index (χ4n) is 3.07. The van der Waals surface area contributed by atoms with Gasteiger partial charge in [-0.3, -0.25) is 14.4 Å². The summed E-state index contributed by atoms with van der Waals surface area (Å²) in [6, 6.07) is -3.51. The van der Waals surface area contributed by atoms with Gasteiger partial charge in [0.15, 0.2) is 0 Å². The van der Waals surface area contributed by atoms with E-state index in [0.29, 0.717) is 31.4 Å². The van der Waals surface area contributed by atoms with E-state index in [9.17, 15) is 24.3 Å². The van der Waals surface area contributed by atoms with E-state index in [1.807, 2.05) is 33.3 Å². The van der Waals surface area contributed by atoms with E-state index < -0.39 is 47.9 Å². The van der Waals surface area contributed by atoms with Gasteiger partial charge in [0, 0.05) is 0 Å². The fraction of sp³-hybridized carbons (Fsp3) is 0.818. The van der Waals surface area contributed by atoms with Gasteiger partial charge >= 0.3 is 5.97 Å². The zero-order valence-corrected chi connectivity index (χ0v) is 22.3. The van der Waals surface area contributed by atoms with Crippen LogP contribution in [0.4, 0.5) is 0 Å². The number of carboxylic acids is 1. The fourth-order valence-corrected chi connectivity index (χ4v) is 4.03. The molecule has 33 heavy (non-hydrogen) atoms. The molecule has 0 saturated heterocycles. The lowest BCUT2D eigenvalue weighted by atomic mass is 9.97. The summed E-state index contributed by atoms with van der Waals surface area (Å²) in [6.07, 6.45) is 5.62. The van der Waals surface area contributed by atoms with Crippen molar-refractivity contribution in [2.75, 3.05) is 24.0 Å². The Morgan fingerprint density at radius 1 is 0.848 bits per heavy atom. The highest BCUT2D eigenvalue weighted by Crippen LogP contribution is 2.11. The van der Waals surface area contributed by atoms with Crippen molar-refractivity contribution in [1.29, 1.82) is 0 Å². The van der Waals surface area contributed by atoms with Gasteiger partial charge in [-0.05, 0) is 55.1 Å². The SMILES string of the molecule is CCC(C)C(NC(=O)C(CC(C)C)NC(=O)C(CCSC)NC(=O)C(N)CCSC)C(=O)O. The van der Waals surface area contributed by atoms with Crippen LogP contribution in [0, 0.1) is 11.8 Å². The molecular formula is C22H42N4O5S2. The first-order valence-corrected chi connectivity index (χ1v) is 14.1. The Morgan fingerprint density at radius 3 is 1.85 bits per heavy atom. The number of thioether (sulfide) groups is 2. The van der Waals surface area contributed by atoms with Gasteiger partial charge < -0.3 is 26.8 Å². The van der Waals surface area contributed by atoms with Crippen molar-refractivity contribution in [3.63, 3.8) is 0 Å². The van der Waals surface area contributed by atoms with Gasteiger partial charge in [0.2, 0.25) is 17.7 Å². The molecule has 3 amide bonds. The van der Waals surface area contributed by atoms with Crippen LogP contribution in [0.25, 0.3) is 0 Å². The number of rotatable bonds is 17. The summed E-state index contributed by atoms with van der Waals surface area (Å²) in [5, 5.41) is 17.5. The standard InChI is InChI=1S/C22H42N4O5S2/c1-7-14(4)18(22(30)31)26-21(29)17(12-13(2)3)25-20(28)16(9-11-33-6)24-19(27)15(23)8-10-32-5/h13-18H,7-12,23H2,1-6H3,(H,24,27)(H,25,28)(H,26,29)(H,30,31). The predicted octanol–water partition coefficient (Wildman–Crippen LogP) is 1.45. The average molecular weight is 507 g/mol. The van der Waals surface area contributed by atoms with Gasteiger partial charge in [-0.1, -0.05) is 34.1 Å². The Bertz CT molecular complexity index is 636. The molecule has 11 heteroatoms. The second kappa shape index (κ2) is 17.0. The van der Waals surface area contributed by atoms with E-state index >= 15 is 0 Å². The third-order valence-corrected chi connectivity index (χ3v) is 6.62.